The average Bonchev–Trinajstić information content (AvgIpc) is 3.13. The minimum atomic E-state index is 0.172. The van der Waals surface area contributed by atoms with Crippen LogP contribution in [0.4, 0.5) is 5.13 Å². The number of fused-ring (bicyclic) bond motifs is 1. The normalized spacial score (nSPS) is 15.6. The first-order chi connectivity index (χ1) is 13.0. The first-order valence-electron chi connectivity index (χ1n) is 10.5. The number of carbonyl (C=O) groups excluding carboxylic acids is 1. The predicted octanol–water partition coefficient (Wildman–Crippen LogP) is 5.17. The second-order valence-electron chi connectivity index (χ2n) is 7.70. The molecule has 0 bridgehead atoms. The van der Waals surface area contributed by atoms with Crippen molar-refractivity contribution >= 4 is 32.6 Å². The fourth-order valence-corrected chi connectivity index (χ4v) is 5.04. The maximum Gasteiger partial charge on any atom is 0.231 e. The van der Waals surface area contributed by atoms with Crippen molar-refractivity contribution < 1.29 is 4.79 Å². The van der Waals surface area contributed by atoms with Crippen LogP contribution in [0, 0.1) is 19.8 Å². The largest absolute Gasteiger partial charge is 0.302 e. The highest BCUT2D eigenvalue weighted by molar-refractivity contribution is 7.22. The van der Waals surface area contributed by atoms with Gasteiger partial charge in [0.2, 0.25) is 5.91 Å². The number of benzene rings is 1. The van der Waals surface area contributed by atoms with Crippen molar-refractivity contribution in [1.82, 2.24) is 9.88 Å². The number of aromatic nitrogens is 1. The Hall–Kier alpha value is -1.46. The zero-order chi connectivity index (χ0) is 19.4. The van der Waals surface area contributed by atoms with Crippen molar-refractivity contribution in [2.24, 2.45) is 5.92 Å². The minimum absolute atomic E-state index is 0.172. The SMILES string of the molecule is CCN(CC)CCN(C(=O)C1CCCCC1)c1nc2c(C)c(C)ccc2s1. The zero-order valence-electron chi connectivity index (χ0n) is 17.3. The van der Waals surface area contributed by atoms with E-state index in [9.17, 15) is 4.79 Å². The number of anilines is 1. The highest BCUT2D eigenvalue weighted by atomic mass is 32.1. The van der Waals surface area contributed by atoms with Crippen LogP contribution in [-0.4, -0.2) is 42.0 Å². The number of thiazole rings is 1. The Balaban J connectivity index is 1.90. The van der Waals surface area contributed by atoms with Gasteiger partial charge in [-0.1, -0.05) is 50.5 Å². The summed E-state index contributed by atoms with van der Waals surface area (Å²) in [5.41, 5.74) is 3.54. The second kappa shape index (κ2) is 9.16. The lowest BCUT2D eigenvalue weighted by Gasteiger charge is -2.29. The summed E-state index contributed by atoms with van der Waals surface area (Å²) in [5.74, 6) is 0.459. The molecule has 4 nitrogen and oxygen atoms in total. The van der Waals surface area contributed by atoms with Crippen molar-refractivity contribution in [3.63, 3.8) is 0 Å². The molecule has 0 unspecified atom stereocenters. The third-order valence-corrected chi connectivity index (χ3v) is 7.10. The van der Waals surface area contributed by atoms with Gasteiger partial charge in [0.15, 0.2) is 5.13 Å². The molecule has 27 heavy (non-hydrogen) atoms. The number of amides is 1. The standard InChI is InChI=1S/C22H33N3OS/c1-5-24(6-2)14-15-25(21(26)18-10-8-7-9-11-18)22-23-20-17(4)16(3)12-13-19(20)27-22/h12-13,18H,5-11,14-15H2,1-4H3. The van der Waals surface area contributed by atoms with Gasteiger partial charge in [0.05, 0.1) is 10.2 Å². The quantitative estimate of drug-likeness (QED) is 0.658. The summed E-state index contributed by atoms with van der Waals surface area (Å²) in [4.78, 5) is 22.7. The first kappa shape index (κ1) is 20.3. The number of hydrogen-bond donors (Lipinski definition) is 0. The molecule has 0 atom stereocenters. The van der Waals surface area contributed by atoms with Crippen LogP contribution in [0.5, 0.6) is 0 Å². The van der Waals surface area contributed by atoms with E-state index in [0.717, 1.165) is 49.7 Å². The highest BCUT2D eigenvalue weighted by Gasteiger charge is 2.29. The van der Waals surface area contributed by atoms with E-state index in [1.54, 1.807) is 11.3 Å². The highest BCUT2D eigenvalue weighted by Crippen LogP contribution is 2.34. The van der Waals surface area contributed by atoms with Gasteiger partial charge in [0.25, 0.3) is 0 Å². The molecule has 0 radical (unpaired) electrons. The van der Waals surface area contributed by atoms with E-state index in [2.05, 4.69) is 44.7 Å². The van der Waals surface area contributed by atoms with Crippen LogP contribution < -0.4 is 4.90 Å². The number of likely N-dealkylation sites (N-methyl/N-ethyl adjacent to an activating group) is 1. The van der Waals surface area contributed by atoms with E-state index in [0.29, 0.717) is 0 Å². The number of aryl methyl sites for hydroxylation is 2. The molecule has 0 saturated heterocycles. The average molecular weight is 388 g/mol. The molecule has 0 aliphatic heterocycles. The van der Waals surface area contributed by atoms with Gasteiger partial charge in [-0.3, -0.25) is 9.69 Å². The third kappa shape index (κ3) is 4.52. The van der Waals surface area contributed by atoms with E-state index in [4.69, 9.17) is 4.98 Å². The summed E-state index contributed by atoms with van der Waals surface area (Å²) in [6, 6.07) is 4.30. The molecule has 1 saturated carbocycles. The molecule has 1 fully saturated rings. The molecule has 1 aromatic heterocycles. The molecule has 1 aliphatic carbocycles. The van der Waals surface area contributed by atoms with Crippen molar-refractivity contribution in [2.45, 2.75) is 59.8 Å². The van der Waals surface area contributed by atoms with Crippen molar-refractivity contribution in [1.29, 1.82) is 0 Å². The van der Waals surface area contributed by atoms with Crippen LogP contribution in [0.1, 0.15) is 57.1 Å². The Morgan fingerprint density at radius 2 is 1.81 bits per heavy atom. The van der Waals surface area contributed by atoms with Gasteiger partial charge >= 0.3 is 0 Å². The molecule has 0 N–H and O–H groups in total. The smallest absolute Gasteiger partial charge is 0.231 e. The molecule has 0 spiro atoms. The third-order valence-electron chi connectivity index (χ3n) is 6.06. The van der Waals surface area contributed by atoms with Gasteiger partial charge in [0.1, 0.15) is 0 Å². The van der Waals surface area contributed by atoms with Gasteiger partial charge < -0.3 is 4.90 Å². The zero-order valence-corrected chi connectivity index (χ0v) is 18.1. The topological polar surface area (TPSA) is 36.4 Å². The van der Waals surface area contributed by atoms with Crippen LogP contribution in [-0.2, 0) is 4.79 Å². The second-order valence-corrected chi connectivity index (χ2v) is 8.71. The molecule has 5 heteroatoms. The van der Waals surface area contributed by atoms with E-state index in [1.165, 1.54) is 35.1 Å². The molecule has 3 rings (SSSR count). The lowest BCUT2D eigenvalue weighted by Crippen LogP contribution is -2.42. The minimum Gasteiger partial charge on any atom is -0.302 e. The van der Waals surface area contributed by atoms with Crippen LogP contribution in [0.15, 0.2) is 12.1 Å². The number of carbonyl (C=O) groups is 1. The maximum atomic E-state index is 13.4. The van der Waals surface area contributed by atoms with Crippen LogP contribution in [0.25, 0.3) is 10.2 Å². The van der Waals surface area contributed by atoms with Crippen LogP contribution in [0.3, 0.4) is 0 Å². The van der Waals surface area contributed by atoms with Crippen molar-refractivity contribution in [3.05, 3.63) is 23.3 Å². The lowest BCUT2D eigenvalue weighted by molar-refractivity contribution is -0.123. The molecule has 2 aromatic rings. The van der Waals surface area contributed by atoms with Gasteiger partial charge in [-0.25, -0.2) is 4.98 Å². The first-order valence-corrected chi connectivity index (χ1v) is 11.3. The predicted molar refractivity (Wildman–Crippen MR) is 116 cm³/mol. The van der Waals surface area contributed by atoms with E-state index >= 15 is 0 Å². The fourth-order valence-electron chi connectivity index (χ4n) is 3.98. The maximum absolute atomic E-state index is 13.4. The molecule has 1 heterocycles. The van der Waals surface area contributed by atoms with Gasteiger partial charge in [-0.2, -0.15) is 0 Å². The number of rotatable bonds is 7. The van der Waals surface area contributed by atoms with Crippen molar-refractivity contribution in [2.75, 3.05) is 31.1 Å². The Kier molecular flexibility index (Phi) is 6.88. The Labute approximate surface area is 167 Å². The molecule has 1 aromatic carbocycles. The van der Waals surface area contributed by atoms with Crippen LogP contribution in [0.2, 0.25) is 0 Å². The van der Waals surface area contributed by atoms with Gasteiger partial charge in [-0.05, 0) is 57.0 Å². The fraction of sp³-hybridized carbons (Fsp3) is 0.636. The Morgan fingerprint density at radius 1 is 1.11 bits per heavy atom. The van der Waals surface area contributed by atoms with E-state index in [-0.39, 0.29) is 11.8 Å². The Bertz CT molecular complexity index is 775. The molecular weight excluding hydrogens is 354 g/mol. The van der Waals surface area contributed by atoms with Crippen LogP contribution >= 0.6 is 11.3 Å². The molecule has 1 aliphatic rings. The molecule has 148 valence electrons. The van der Waals surface area contributed by atoms with Crippen molar-refractivity contribution in [3.8, 4) is 0 Å². The van der Waals surface area contributed by atoms with Gasteiger partial charge in [0, 0.05) is 19.0 Å². The summed E-state index contributed by atoms with van der Waals surface area (Å²) in [7, 11) is 0. The monoisotopic (exact) mass is 387 g/mol. The molecule has 1 amide bonds. The summed E-state index contributed by atoms with van der Waals surface area (Å²) in [5, 5.41) is 0.876. The summed E-state index contributed by atoms with van der Waals surface area (Å²) >= 11 is 1.66. The summed E-state index contributed by atoms with van der Waals surface area (Å²) in [6.07, 6.45) is 5.69. The van der Waals surface area contributed by atoms with E-state index < -0.39 is 0 Å². The number of hydrogen-bond acceptors (Lipinski definition) is 4. The molecular formula is C22H33N3OS. The Morgan fingerprint density at radius 3 is 2.48 bits per heavy atom. The van der Waals surface area contributed by atoms with E-state index in [1.807, 2.05) is 4.90 Å². The van der Waals surface area contributed by atoms with Gasteiger partial charge in [-0.15, -0.1) is 0 Å². The number of nitrogens with zero attached hydrogens (tertiary/aromatic N) is 3. The summed E-state index contributed by atoms with van der Waals surface area (Å²) in [6.45, 7) is 12.3. The summed E-state index contributed by atoms with van der Waals surface area (Å²) < 4.78 is 1.18. The lowest BCUT2D eigenvalue weighted by atomic mass is 9.88.